The van der Waals surface area contributed by atoms with Crippen LogP contribution in [0.4, 0.5) is 0 Å². The highest BCUT2D eigenvalue weighted by atomic mass is 127. The van der Waals surface area contributed by atoms with Crippen molar-refractivity contribution in [1.29, 1.82) is 0 Å². The molecule has 0 atom stereocenters. The van der Waals surface area contributed by atoms with Crippen LogP contribution in [0.2, 0.25) is 0 Å². The van der Waals surface area contributed by atoms with Crippen LogP contribution in [-0.4, -0.2) is 32.3 Å². The first-order chi connectivity index (χ1) is 9.77. The number of benzene rings is 1. The Labute approximate surface area is 144 Å². The minimum absolute atomic E-state index is 0. The third-order valence-electron chi connectivity index (χ3n) is 3.77. The fraction of sp³-hybridized carbons (Fsp3) is 0.562. The van der Waals surface area contributed by atoms with Crippen LogP contribution in [-0.2, 0) is 10.2 Å². The van der Waals surface area contributed by atoms with Crippen LogP contribution in [0, 0.1) is 0 Å². The molecule has 0 unspecified atom stereocenters. The molecule has 0 bridgehead atoms. The maximum absolute atomic E-state index is 5.90. The van der Waals surface area contributed by atoms with Gasteiger partial charge in [0.1, 0.15) is 0 Å². The summed E-state index contributed by atoms with van der Waals surface area (Å²) in [6.45, 7) is 5.13. The third kappa shape index (κ3) is 5.82. The van der Waals surface area contributed by atoms with Gasteiger partial charge < -0.3 is 15.8 Å². The van der Waals surface area contributed by atoms with E-state index in [-0.39, 0.29) is 29.4 Å². The van der Waals surface area contributed by atoms with Crippen LogP contribution in [0.5, 0.6) is 0 Å². The molecule has 3 N–H and O–H groups in total. The molecule has 0 saturated heterocycles. The van der Waals surface area contributed by atoms with E-state index < -0.39 is 0 Å². The Morgan fingerprint density at radius 1 is 1.33 bits per heavy atom. The molecule has 1 aliphatic carbocycles. The molecule has 0 spiro atoms. The summed E-state index contributed by atoms with van der Waals surface area (Å²) in [6, 6.07) is 10.6. The van der Waals surface area contributed by atoms with Crippen LogP contribution in [0.25, 0.3) is 0 Å². The van der Waals surface area contributed by atoms with Gasteiger partial charge in [0.25, 0.3) is 0 Å². The van der Waals surface area contributed by atoms with Crippen molar-refractivity contribution >= 4 is 29.9 Å². The zero-order valence-corrected chi connectivity index (χ0v) is 15.0. The van der Waals surface area contributed by atoms with Crippen LogP contribution >= 0.6 is 24.0 Å². The first kappa shape index (κ1) is 18.2. The van der Waals surface area contributed by atoms with E-state index >= 15 is 0 Å². The largest absolute Gasteiger partial charge is 0.382 e. The number of hydrogen-bond donors (Lipinski definition) is 2. The van der Waals surface area contributed by atoms with Crippen LogP contribution in [0.1, 0.15) is 31.7 Å². The number of ether oxygens (including phenoxy) is 1. The van der Waals surface area contributed by atoms with Crippen molar-refractivity contribution in [3.8, 4) is 0 Å². The number of nitrogens with one attached hydrogen (secondary N) is 1. The van der Waals surface area contributed by atoms with Crippen molar-refractivity contribution in [3.05, 3.63) is 35.9 Å². The van der Waals surface area contributed by atoms with Crippen molar-refractivity contribution < 1.29 is 4.74 Å². The summed E-state index contributed by atoms with van der Waals surface area (Å²) in [5, 5.41) is 3.14. The number of guanidine groups is 1. The van der Waals surface area contributed by atoms with Gasteiger partial charge >= 0.3 is 0 Å². The van der Waals surface area contributed by atoms with Gasteiger partial charge in [0.2, 0.25) is 0 Å². The molecule has 0 radical (unpaired) electrons. The van der Waals surface area contributed by atoms with Gasteiger partial charge in [-0.15, -0.1) is 24.0 Å². The number of nitrogens with two attached hydrogens (primary N) is 1. The summed E-state index contributed by atoms with van der Waals surface area (Å²) in [6.07, 6.45) is 3.37. The number of halogens is 1. The summed E-state index contributed by atoms with van der Waals surface area (Å²) in [5.41, 5.74) is 7.52. The van der Waals surface area contributed by atoms with Gasteiger partial charge in [-0.05, 0) is 31.7 Å². The zero-order chi connectivity index (χ0) is 14.3. The highest BCUT2D eigenvalue weighted by molar-refractivity contribution is 14.0. The molecule has 1 saturated carbocycles. The molecule has 2 rings (SSSR count). The molecule has 0 amide bonds. The van der Waals surface area contributed by atoms with Crippen molar-refractivity contribution in [2.24, 2.45) is 10.7 Å². The molecule has 1 aliphatic rings. The van der Waals surface area contributed by atoms with E-state index in [9.17, 15) is 0 Å². The normalized spacial score (nSPS) is 16.1. The quantitative estimate of drug-likeness (QED) is 0.304. The van der Waals surface area contributed by atoms with E-state index in [0.717, 1.165) is 32.7 Å². The Bertz CT molecular complexity index is 432. The Balaban J connectivity index is 0.00000220. The van der Waals surface area contributed by atoms with Crippen LogP contribution < -0.4 is 11.1 Å². The van der Waals surface area contributed by atoms with Gasteiger partial charge in [-0.25, -0.2) is 0 Å². The topological polar surface area (TPSA) is 59.6 Å². The molecular formula is C16H26IN3O. The smallest absolute Gasteiger partial charge is 0.188 e. The van der Waals surface area contributed by atoms with Crippen LogP contribution in [0.3, 0.4) is 0 Å². The first-order valence-electron chi connectivity index (χ1n) is 7.44. The highest BCUT2D eigenvalue weighted by Crippen LogP contribution is 2.48. The monoisotopic (exact) mass is 403 g/mol. The van der Waals surface area contributed by atoms with E-state index in [1.807, 2.05) is 6.92 Å². The second-order valence-corrected chi connectivity index (χ2v) is 5.33. The molecule has 0 aromatic heterocycles. The lowest BCUT2D eigenvalue weighted by atomic mass is 9.96. The van der Waals surface area contributed by atoms with Gasteiger partial charge in [-0.3, -0.25) is 4.99 Å². The molecule has 21 heavy (non-hydrogen) atoms. The molecule has 4 nitrogen and oxygen atoms in total. The second kappa shape index (κ2) is 9.25. The van der Waals surface area contributed by atoms with Gasteiger partial charge in [-0.2, -0.15) is 0 Å². The Hall–Kier alpha value is -0.820. The molecule has 1 fully saturated rings. The highest BCUT2D eigenvalue weighted by Gasteiger charge is 2.43. The number of aliphatic imine (C=N–C) groups is 1. The summed E-state index contributed by atoms with van der Waals surface area (Å²) >= 11 is 0. The molecule has 0 heterocycles. The van der Waals surface area contributed by atoms with Crippen molar-refractivity contribution in [2.75, 3.05) is 26.3 Å². The zero-order valence-electron chi connectivity index (χ0n) is 12.7. The minimum atomic E-state index is 0. The average Bonchev–Trinajstić information content (AvgIpc) is 3.27. The molecule has 5 heteroatoms. The second-order valence-electron chi connectivity index (χ2n) is 5.33. The van der Waals surface area contributed by atoms with Crippen LogP contribution in [0.15, 0.2) is 35.3 Å². The lowest BCUT2D eigenvalue weighted by Crippen LogP contribution is -2.33. The average molecular weight is 403 g/mol. The first-order valence-corrected chi connectivity index (χ1v) is 7.44. The number of nitrogens with zero attached hydrogens (tertiary/aromatic N) is 1. The van der Waals surface area contributed by atoms with Gasteiger partial charge in [-0.1, -0.05) is 30.3 Å². The predicted molar refractivity (Wildman–Crippen MR) is 98.4 cm³/mol. The lowest BCUT2D eigenvalue weighted by molar-refractivity contribution is 0.145. The summed E-state index contributed by atoms with van der Waals surface area (Å²) < 4.78 is 5.28. The summed E-state index contributed by atoms with van der Waals surface area (Å²) in [4.78, 5) is 4.50. The Kier molecular flexibility index (Phi) is 8.03. The maximum Gasteiger partial charge on any atom is 0.188 e. The van der Waals surface area contributed by atoms with Crippen molar-refractivity contribution in [2.45, 2.75) is 31.6 Å². The molecular weight excluding hydrogens is 377 g/mol. The lowest BCUT2D eigenvalue weighted by Gasteiger charge is -2.13. The Morgan fingerprint density at radius 2 is 2.05 bits per heavy atom. The fourth-order valence-corrected chi connectivity index (χ4v) is 2.31. The molecule has 1 aromatic carbocycles. The van der Waals surface area contributed by atoms with Crippen molar-refractivity contribution in [1.82, 2.24) is 5.32 Å². The van der Waals surface area contributed by atoms with E-state index in [4.69, 9.17) is 10.5 Å². The summed E-state index contributed by atoms with van der Waals surface area (Å²) in [7, 11) is 0. The predicted octanol–water partition coefficient (Wildman–Crippen LogP) is 2.67. The minimum Gasteiger partial charge on any atom is -0.382 e. The summed E-state index contributed by atoms with van der Waals surface area (Å²) in [5.74, 6) is 0.545. The number of hydrogen-bond acceptors (Lipinski definition) is 2. The third-order valence-corrected chi connectivity index (χ3v) is 3.77. The van der Waals surface area contributed by atoms with Gasteiger partial charge in [0.05, 0.1) is 6.54 Å². The molecule has 0 aliphatic heterocycles. The Morgan fingerprint density at radius 3 is 2.67 bits per heavy atom. The van der Waals surface area contributed by atoms with E-state index in [1.54, 1.807) is 0 Å². The fourth-order valence-electron chi connectivity index (χ4n) is 2.31. The van der Waals surface area contributed by atoms with Gasteiger partial charge in [0.15, 0.2) is 5.96 Å². The van der Waals surface area contributed by atoms with E-state index in [0.29, 0.717) is 5.96 Å². The standard InChI is InChI=1S/C16H25N3O.HI/c1-2-20-12-6-11-18-15(17)19-13-16(9-10-16)14-7-4-3-5-8-14;/h3-5,7-8H,2,6,9-13H2,1H3,(H3,17,18,19);1H. The maximum atomic E-state index is 5.90. The number of rotatable bonds is 8. The SMILES string of the molecule is CCOCCCNC(N)=NCC1(c2ccccc2)CC1.I. The van der Waals surface area contributed by atoms with Gasteiger partial charge in [0, 0.05) is 25.2 Å². The molecule has 118 valence electrons. The molecule has 1 aromatic rings. The van der Waals surface area contributed by atoms with Crippen molar-refractivity contribution in [3.63, 3.8) is 0 Å². The van der Waals surface area contributed by atoms with E-state index in [2.05, 4.69) is 40.6 Å². The van der Waals surface area contributed by atoms with E-state index in [1.165, 1.54) is 18.4 Å².